The second kappa shape index (κ2) is 10.0. The molecule has 0 aliphatic heterocycles. The van der Waals surface area contributed by atoms with E-state index >= 15 is 0 Å². The van der Waals surface area contributed by atoms with Crippen LogP contribution in [0.2, 0.25) is 0 Å². The number of hydrogen-bond acceptors (Lipinski definition) is 5. The van der Waals surface area contributed by atoms with Gasteiger partial charge in [0.1, 0.15) is 12.4 Å². The maximum atomic E-state index is 13.6. The van der Waals surface area contributed by atoms with Gasteiger partial charge in [0.15, 0.2) is 29.9 Å². The number of carbonyl (C=O) groups excluding carboxylic acids is 2. The van der Waals surface area contributed by atoms with Crippen molar-refractivity contribution in [2.75, 3.05) is 11.9 Å². The summed E-state index contributed by atoms with van der Waals surface area (Å²) >= 11 is 0. The zero-order chi connectivity index (χ0) is 24.1. The molecule has 0 aliphatic carbocycles. The molecule has 1 heterocycles. The van der Waals surface area contributed by atoms with E-state index in [1.165, 1.54) is 24.3 Å². The zero-order valence-electron chi connectivity index (χ0n) is 16.3. The Morgan fingerprint density at radius 1 is 0.818 bits per heavy atom. The van der Waals surface area contributed by atoms with Crippen LogP contribution in [0.4, 0.5) is 32.0 Å². The van der Waals surface area contributed by atoms with Gasteiger partial charge in [-0.25, -0.2) is 36.1 Å². The monoisotopic (exact) mass is 470 g/mol. The smallest absolute Gasteiger partial charge is 0.344 e. The molecule has 0 atom stereocenters. The number of esters is 1. The molecule has 3 aromatic rings. The molecule has 0 saturated carbocycles. The Labute approximate surface area is 181 Å². The highest BCUT2D eigenvalue weighted by Gasteiger charge is 2.26. The number of ether oxygens (including phenoxy) is 2. The average molecular weight is 470 g/mol. The lowest BCUT2D eigenvalue weighted by Gasteiger charge is -2.10. The summed E-state index contributed by atoms with van der Waals surface area (Å²) in [5.41, 5.74) is -0.853. The first-order valence-electron chi connectivity index (χ1n) is 8.99. The largest absolute Gasteiger partial charge is 0.466 e. The van der Waals surface area contributed by atoms with Crippen molar-refractivity contribution >= 4 is 17.6 Å². The molecule has 6 nitrogen and oxygen atoms in total. The summed E-state index contributed by atoms with van der Waals surface area (Å²) in [7, 11) is 0. The van der Waals surface area contributed by atoms with E-state index in [2.05, 4.69) is 15.0 Å². The molecule has 172 valence electrons. The van der Waals surface area contributed by atoms with Gasteiger partial charge in [0.25, 0.3) is 5.91 Å². The summed E-state index contributed by atoms with van der Waals surface area (Å²) in [6.45, 7) is -2.02. The van der Waals surface area contributed by atoms with E-state index in [4.69, 9.17) is 4.74 Å². The van der Waals surface area contributed by atoms with Gasteiger partial charge in [-0.2, -0.15) is 0 Å². The Hall–Kier alpha value is -4.09. The van der Waals surface area contributed by atoms with Gasteiger partial charge in [-0.05, 0) is 30.3 Å². The quantitative estimate of drug-likeness (QED) is 0.241. The maximum Gasteiger partial charge on any atom is 0.344 e. The minimum absolute atomic E-state index is 0.112. The highest BCUT2D eigenvalue weighted by atomic mass is 19.2. The van der Waals surface area contributed by atoms with Crippen LogP contribution in [0, 0.1) is 34.9 Å². The lowest BCUT2D eigenvalue weighted by molar-refractivity contribution is -0.147. The number of benzene rings is 2. The van der Waals surface area contributed by atoms with Gasteiger partial charge >= 0.3 is 5.97 Å². The lowest BCUT2D eigenvalue weighted by atomic mass is 10.2. The number of rotatable bonds is 7. The second-order valence-corrected chi connectivity index (χ2v) is 6.34. The molecule has 1 amide bonds. The fraction of sp³-hybridized carbons (Fsp3) is 0.0952. The van der Waals surface area contributed by atoms with Gasteiger partial charge < -0.3 is 14.8 Å². The molecular formula is C21H12F6N2O4. The van der Waals surface area contributed by atoms with Crippen LogP contribution in [0.5, 0.6) is 5.88 Å². The Morgan fingerprint density at radius 2 is 1.42 bits per heavy atom. The Morgan fingerprint density at radius 3 is 2.00 bits per heavy atom. The summed E-state index contributed by atoms with van der Waals surface area (Å²) in [6, 6.07) is 7.58. The SMILES string of the molecule is O=C(COc1ccc(C(=O)Nc2ccc(F)cc2)cn1)OCc1c(F)c(F)c(F)c(F)c1F. The Balaban J connectivity index is 1.53. The van der Waals surface area contributed by atoms with E-state index in [1.807, 2.05) is 0 Å². The van der Waals surface area contributed by atoms with E-state index < -0.39 is 65.6 Å². The van der Waals surface area contributed by atoms with Crippen molar-refractivity contribution in [3.63, 3.8) is 0 Å². The number of nitrogens with zero attached hydrogens (tertiary/aromatic N) is 1. The number of anilines is 1. The van der Waals surface area contributed by atoms with E-state index in [9.17, 15) is 35.9 Å². The van der Waals surface area contributed by atoms with Gasteiger partial charge in [0.2, 0.25) is 11.7 Å². The zero-order valence-corrected chi connectivity index (χ0v) is 16.3. The molecule has 0 aliphatic rings. The normalized spacial score (nSPS) is 10.6. The van der Waals surface area contributed by atoms with Crippen LogP contribution in [0.15, 0.2) is 42.6 Å². The third-order valence-electron chi connectivity index (χ3n) is 4.12. The number of pyridine rings is 1. The molecule has 0 fully saturated rings. The topological polar surface area (TPSA) is 77.5 Å². The van der Waals surface area contributed by atoms with Crippen molar-refractivity contribution in [3.8, 4) is 5.88 Å². The van der Waals surface area contributed by atoms with Crippen molar-refractivity contribution in [2.24, 2.45) is 0 Å². The molecule has 33 heavy (non-hydrogen) atoms. The predicted octanol–water partition coefficient (Wildman–Crippen LogP) is 4.29. The van der Waals surface area contributed by atoms with Crippen molar-refractivity contribution < 1.29 is 45.4 Å². The van der Waals surface area contributed by atoms with E-state index in [1.54, 1.807) is 0 Å². The van der Waals surface area contributed by atoms with Crippen LogP contribution < -0.4 is 10.1 Å². The average Bonchev–Trinajstić information content (AvgIpc) is 2.82. The Kier molecular flexibility index (Phi) is 7.16. The van der Waals surface area contributed by atoms with Crippen molar-refractivity contribution in [2.45, 2.75) is 6.61 Å². The van der Waals surface area contributed by atoms with Gasteiger partial charge in [0.05, 0.1) is 11.1 Å². The summed E-state index contributed by atoms with van der Waals surface area (Å²) in [5.74, 6) is -13.2. The molecule has 1 N–H and O–H groups in total. The molecule has 0 unspecified atom stereocenters. The first-order chi connectivity index (χ1) is 15.7. The van der Waals surface area contributed by atoms with Gasteiger partial charge in [0, 0.05) is 18.0 Å². The molecule has 0 bridgehead atoms. The van der Waals surface area contributed by atoms with Gasteiger partial charge in [-0.1, -0.05) is 0 Å². The molecule has 0 spiro atoms. The molecule has 2 aromatic carbocycles. The van der Waals surface area contributed by atoms with Crippen molar-refractivity contribution in [1.82, 2.24) is 4.98 Å². The van der Waals surface area contributed by atoms with Crippen LogP contribution in [-0.2, 0) is 16.1 Å². The standard InChI is InChI=1S/C21H12F6N2O4/c22-11-2-4-12(5-3-11)29-21(31)10-1-6-14(28-7-10)32-9-15(30)33-8-13-16(23)18(25)20(27)19(26)17(13)24/h1-7H,8-9H2,(H,29,31). The third-order valence-corrected chi connectivity index (χ3v) is 4.12. The maximum absolute atomic E-state index is 13.6. The highest BCUT2D eigenvalue weighted by Crippen LogP contribution is 2.23. The number of hydrogen-bond donors (Lipinski definition) is 1. The van der Waals surface area contributed by atoms with Gasteiger partial charge in [-0.15, -0.1) is 0 Å². The van der Waals surface area contributed by atoms with Crippen molar-refractivity contribution in [3.05, 3.63) is 88.6 Å². The van der Waals surface area contributed by atoms with Crippen LogP contribution in [-0.4, -0.2) is 23.5 Å². The summed E-state index contributed by atoms with van der Waals surface area (Å²) < 4.78 is 88.8. The summed E-state index contributed by atoms with van der Waals surface area (Å²) in [6.07, 6.45) is 1.12. The fourth-order valence-corrected chi connectivity index (χ4v) is 2.44. The minimum atomic E-state index is -2.33. The predicted molar refractivity (Wildman–Crippen MR) is 100 cm³/mol. The molecule has 3 rings (SSSR count). The molecular weight excluding hydrogens is 458 g/mol. The van der Waals surface area contributed by atoms with Crippen LogP contribution in [0.25, 0.3) is 0 Å². The number of aromatic nitrogens is 1. The number of halogens is 6. The second-order valence-electron chi connectivity index (χ2n) is 6.34. The van der Waals surface area contributed by atoms with Crippen LogP contribution >= 0.6 is 0 Å². The first-order valence-corrected chi connectivity index (χ1v) is 8.99. The third kappa shape index (κ3) is 5.59. The molecule has 0 saturated heterocycles. The highest BCUT2D eigenvalue weighted by molar-refractivity contribution is 6.04. The molecule has 12 heteroatoms. The van der Waals surface area contributed by atoms with Crippen LogP contribution in [0.1, 0.15) is 15.9 Å². The van der Waals surface area contributed by atoms with Gasteiger partial charge in [-0.3, -0.25) is 4.79 Å². The van der Waals surface area contributed by atoms with E-state index in [-0.39, 0.29) is 11.4 Å². The fourth-order valence-electron chi connectivity index (χ4n) is 2.44. The number of nitrogens with one attached hydrogen (secondary N) is 1. The minimum Gasteiger partial charge on any atom is -0.466 e. The van der Waals surface area contributed by atoms with E-state index in [0.717, 1.165) is 18.3 Å². The summed E-state index contributed by atoms with van der Waals surface area (Å²) in [4.78, 5) is 27.6. The number of carbonyl (C=O) groups is 2. The number of amides is 1. The molecule has 0 radical (unpaired) electrons. The molecule has 1 aromatic heterocycles. The van der Waals surface area contributed by atoms with E-state index in [0.29, 0.717) is 5.69 Å². The lowest BCUT2D eigenvalue weighted by Crippen LogP contribution is -2.17. The summed E-state index contributed by atoms with van der Waals surface area (Å²) in [5, 5.41) is 2.51. The first kappa shape index (κ1) is 23.6. The Bertz CT molecular complexity index is 1160. The van der Waals surface area contributed by atoms with Crippen LogP contribution in [0.3, 0.4) is 0 Å². The van der Waals surface area contributed by atoms with Crippen molar-refractivity contribution in [1.29, 1.82) is 0 Å².